The molecular formula is C16H23N3O3S. The Labute approximate surface area is 141 Å². The standard InChI is InChI=1S/C16H23N3O3S/c1-22-14-5-3-13(4-6-14)11-18-8-9-19(12-15(18)20)16(21)17-7-10-23-2/h3-6H,7-12H2,1-2H3,(H,17,21). The number of nitrogens with zero attached hydrogens (tertiary/aromatic N) is 2. The van der Waals surface area contributed by atoms with Gasteiger partial charge < -0.3 is 19.9 Å². The van der Waals surface area contributed by atoms with E-state index < -0.39 is 0 Å². The summed E-state index contributed by atoms with van der Waals surface area (Å²) < 4.78 is 5.13. The summed E-state index contributed by atoms with van der Waals surface area (Å²) in [5.74, 6) is 1.65. The third-order valence-corrected chi connectivity index (χ3v) is 4.33. The fourth-order valence-electron chi connectivity index (χ4n) is 2.37. The highest BCUT2D eigenvalue weighted by Gasteiger charge is 2.26. The molecule has 0 aliphatic carbocycles. The fraction of sp³-hybridized carbons (Fsp3) is 0.500. The van der Waals surface area contributed by atoms with Crippen molar-refractivity contribution in [2.45, 2.75) is 6.54 Å². The van der Waals surface area contributed by atoms with E-state index in [0.29, 0.717) is 26.2 Å². The van der Waals surface area contributed by atoms with Crippen LogP contribution in [-0.2, 0) is 11.3 Å². The van der Waals surface area contributed by atoms with Crippen molar-refractivity contribution < 1.29 is 14.3 Å². The van der Waals surface area contributed by atoms with Crippen molar-refractivity contribution in [3.8, 4) is 5.75 Å². The Morgan fingerprint density at radius 2 is 2.04 bits per heavy atom. The lowest BCUT2D eigenvalue weighted by Gasteiger charge is -2.34. The second-order valence-corrected chi connectivity index (χ2v) is 6.30. The van der Waals surface area contributed by atoms with Crippen molar-refractivity contribution in [1.82, 2.24) is 15.1 Å². The van der Waals surface area contributed by atoms with Crippen LogP contribution < -0.4 is 10.1 Å². The van der Waals surface area contributed by atoms with Crippen molar-refractivity contribution in [3.05, 3.63) is 29.8 Å². The highest BCUT2D eigenvalue weighted by Crippen LogP contribution is 2.14. The van der Waals surface area contributed by atoms with Crippen molar-refractivity contribution in [1.29, 1.82) is 0 Å². The lowest BCUT2D eigenvalue weighted by Crippen LogP contribution is -2.54. The molecule has 0 spiro atoms. The summed E-state index contributed by atoms with van der Waals surface area (Å²) in [7, 11) is 1.63. The lowest BCUT2D eigenvalue weighted by atomic mass is 10.2. The zero-order valence-corrected chi connectivity index (χ0v) is 14.4. The van der Waals surface area contributed by atoms with E-state index in [2.05, 4.69) is 5.32 Å². The molecular weight excluding hydrogens is 314 g/mol. The number of urea groups is 1. The van der Waals surface area contributed by atoms with Crippen LogP contribution in [0.4, 0.5) is 4.79 Å². The maximum atomic E-state index is 12.2. The number of methoxy groups -OCH3 is 1. The second kappa shape index (κ2) is 8.67. The summed E-state index contributed by atoms with van der Waals surface area (Å²) in [6, 6.07) is 7.52. The molecule has 0 bridgehead atoms. The van der Waals surface area contributed by atoms with Gasteiger partial charge in [-0.15, -0.1) is 0 Å². The van der Waals surface area contributed by atoms with Gasteiger partial charge in [0, 0.05) is 31.9 Å². The molecule has 126 valence electrons. The molecule has 0 unspecified atom stereocenters. The number of piperazine rings is 1. The van der Waals surface area contributed by atoms with Gasteiger partial charge in [-0.05, 0) is 24.0 Å². The maximum absolute atomic E-state index is 12.2. The van der Waals surface area contributed by atoms with Crippen molar-refractivity contribution in [2.24, 2.45) is 0 Å². The number of ether oxygens (including phenoxy) is 1. The molecule has 7 heteroatoms. The molecule has 1 aromatic rings. The van der Waals surface area contributed by atoms with Gasteiger partial charge in [0.15, 0.2) is 0 Å². The number of hydrogen-bond acceptors (Lipinski definition) is 4. The Morgan fingerprint density at radius 1 is 1.30 bits per heavy atom. The highest BCUT2D eigenvalue weighted by molar-refractivity contribution is 7.98. The predicted octanol–water partition coefficient (Wildman–Crippen LogP) is 1.41. The minimum Gasteiger partial charge on any atom is -0.497 e. The van der Waals surface area contributed by atoms with Gasteiger partial charge in [-0.1, -0.05) is 12.1 Å². The summed E-state index contributed by atoms with van der Waals surface area (Å²) >= 11 is 1.68. The van der Waals surface area contributed by atoms with Crippen molar-refractivity contribution in [3.63, 3.8) is 0 Å². The number of benzene rings is 1. The quantitative estimate of drug-likeness (QED) is 0.798. The molecule has 1 heterocycles. The van der Waals surface area contributed by atoms with Crippen molar-refractivity contribution >= 4 is 23.7 Å². The van der Waals surface area contributed by atoms with Gasteiger partial charge in [0.2, 0.25) is 5.91 Å². The maximum Gasteiger partial charge on any atom is 0.317 e. The Balaban J connectivity index is 1.83. The van der Waals surface area contributed by atoms with Crippen LogP contribution in [0.15, 0.2) is 24.3 Å². The number of hydrogen-bond donors (Lipinski definition) is 1. The zero-order chi connectivity index (χ0) is 16.7. The molecule has 6 nitrogen and oxygen atoms in total. The molecule has 1 aromatic carbocycles. The molecule has 0 radical (unpaired) electrons. The topological polar surface area (TPSA) is 61.9 Å². The summed E-state index contributed by atoms with van der Waals surface area (Å²) in [6.45, 7) is 2.44. The Kier molecular flexibility index (Phi) is 6.58. The molecule has 1 aliphatic heterocycles. The van der Waals surface area contributed by atoms with Crippen LogP contribution in [0.5, 0.6) is 5.75 Å². The van der Waals surface area contributed by atoms with E-state index in [-0.39, 0.29) is 18.5 Å². The minimum absolute atomic E-state index is 0.0212. The van der Waals surface area contributed by atoms with E-state index in [9.17, 15) is 9.59 Å². The molecule has 0 aromatic heterocycles. The monoisotopic (exact) mass is 337 g/mol. The Morgan fingerprint density at radius 3 is 2.65 bits per heavy atom. The fourth-order valence-corrected chi connectivity index (χ4v) is 2.68. The first-order chi connectivity index (χ1) is 11.1. The van der Waals surface area contributed by atoms with Gasteiger partial charge in [0.05, 0.1) is 7.11 Å². The minimum atomic E-state index is -0.156. The van der Waals surface area contributed by atoms with Crippen LogP contribution in [0.3, 0.4) is 0 Å². The molecule has 0 saturated carbocycles. The molecule has 3 amide bonds. The summed E-state index contributed by atoms with van der Waals surface area (Å²) in [6.07, 6.45) is 1.99. The number of amides is 3. The normalized spacial score (nSPS) is 14.8. The van der Waals surface area contributed by atoms with E-state index in [4.69, 9.17) is 4.74 Å². The van der Waals surface area contributed by atoms with Crippen LogP contribution in [-0.4, -0.2) is 67.0 Å². The van der Waals surface area contributed by atoms with Crippen LogP contribution in [0.1, 0.15) is 5.56 Å². The number of rotatable bonds is 6. The first kappa shape index (κ1) is 17.5. The average Bonchev–Trinajstić information content (AvgIpc) is 2.57. The van der Waals surface area contributed by atoms with Crippen LogP contribution >= 0.6 is 11.8 Å². The molecule has 1 fully saturated rings. The van der Waals surface area contributed by atoms with Crippen LogP contribution in [0.25, 0.3) is 0 Å². The van der Waals surface area contributed by atoms with Gasteiger partial charge in [-0.3, -0.25) is 4.79 Å². The Hall–Kier alpha value is -1.89. The van der Waals surface area contributed by atoms with E-state index in [1.807, 2.05) is 30.5 Å². The summed E-state index contributed by atoms with van der Waals surface area (Å²) in [5.41, 5.74) is 1.05. The van der Waals surface area contributed by atoms with Gasteiger partial charge >= 0.3 is 6.03 Å². The van der Waals surface area contributed by atoms with E-state index in [1.165, 1.54) is 0 Å². The second-order valence-electron chi connectivity index (χ2n) is 5.31. The number of thioether (sulfide) groups is 1. The SMILES string of the molecule is COc1ccc(CN2CCN(C(=O)NCCSC)CC2=O)cc1. The first-order valence-corrected chi connectivity index (χ1v) is 8.96. The molecule has 2 rings (SSSR count). The molecule has 0 atom stereocenters. The Bertz CT molecular complexity index is 536. The first-order valence-electron chi connectivity index (χ1n) is 7.56. The number of carbonyl (C=O) groups excluding carboxylic acids is 2. The third kappa shape index (κ3) is 5.06. The largest absolute Gasteiger partial charge is 0.497 e. The molecule has 1 N–H and O–H groups in total. The highest BCUT2D eigenvalue weighted by atomic mass is 32.2. The van der Waals surface area contributed by atoms with Gasteiger partial charge in [0.25, 0.3) is 0 Å². The summed E-state index contributed by atoms with van der Waals surface area (Å²) in [5, 5.41) is 2.83. The molecule has 1 saturated heterocycles. The van der Waals surface area contributed by atoms with Gasteiger partial charge in [0.1, 0.15) is 12.3 Å². The van der Waals surface area contributed by atoms with Gasteiger partial charge in [-0.2, -0.15) is 11.8 Å². The van der Waals surface area contributed by atoms with E-state index in [1.54, 1.807) is 28.7 Å². The van der Waals surface area contributed by atoms with Gasteiger partial charge in [-0.25, -0.2) is 4.79 Å². The number of nitrogens with one attached hydrogen (secondary N) is 1. The smallest absolute Gasteiger partial charge is 0.317 e. The molecule has 1 aliphatic rings. The van der Waals surface area contributed by atoms with E-state index >= 15 is 0 Å². The van der Waals surface area contributed by atoms with Crippen molar-refractivity contribution in [2.75, 3.05) is 45.3 Å². The summed E-state index contributed by atoms with van der Waals surface area (Å²) in [4.78, 5) is 27.6. The number of carbonyl (C=O) groups is 2. The average molecular weight is 337 g/mol. The van der Waals surface area contributed by atoms with E-state index in [0.717, 1.165) is 17.1 Å². The lowest BCUT2D eigenvalue weighted by molar-refractivity contribution is -0.135. The predicted molar refractivity (Wildman–Crippen MR) is 91.8 cm³/mol. The third-order valence-electron chi connectivity index (χ3n) is 3.72. The molecule has 23 heavy (non-hydrogen) atoms. The van der Waals surface area contributed by atoms with Crippen LogP contribution in [0, 0.1) is 0 Å². The zero-order valence-electron chi connectivity index (χ0n) is 13.6. The van der Waals surface area contributed by atoms with Crippen LogP contribution in [0.2, 0.25) is 0 Å².